The van der Waals surface area contributed by atoms with Gasteiger partial charge in [0.05, 0.1) is 5.92 Å². The SMILES string of the molecule is CC(C(=O)NC1CCC(Br)CC1)c1ccccc1. The number of carbonyl (C=O) groups excluding carboxylic acids is 1. The van der Waals surface area contributed by atoms with Crippen molar-refractivity contribution in [3.63, 3.8) is 0 Å². The first-order chi connectivity index (χ1) is 8.66. The van der Waals surface area contributed by atoms with Crippen molar-refractivity contribution in [1.82, 2.24) is 5.32 Å². The molecule has 1 unspecified atom stereocenters. The third-order valence-electron chi connectivity index (χ3n) is 3.70. The van der Waals surface area contributed by atoms with E-state index >= 15 is 0 Å². The number of benzene rings is 1. The van der Waals surface area contributed by atoms with Crippen LogP contribution in [0.25, 0.3) is 0 Å². The average Bonchev–Trinajstić information content (AvgIpc) is 2.41. The Bertz CT molecular complexity index is 385. The van der Waals surface area contributed by atoms with E-state index in [4.69, 9.17) is 0 Å². The number of carbonyl (C=O) groups is 1. The quantitative estimate of drug-likeness (QED) is 0.849. The largest absolute Gasteiger partial charge is 0.353 e. The van der Waals surface area contributed by atoms with E-state index < -0.39 is 0 Å². The zero-order valence-electron chi connectivity index (χ0n) is 10.7. The molecule has 0 bridgehead atoms. The molecule has 0 radical (unpaired) electrons. The molecule has 1 N–H and O–H groups in total. The third kappa shape index (κ3) is 3.58. The summed E-state index contributed by atoms with van der Waals surface area (Å²) in [4.78, 5) is 12.8. The first-order valence-electron chi connectivity index (χ1n) is 6.66. The van der Waals surface area contributed by atoms with Gasteiger partial charge in [0.1, 0.15) is 0 Å². The summed E-state index contributed by atoms with van der Waals surface area (Å²) in [7, 11) is 0. The Morgan fingerprint density at radius 2 is 1.83 bits per heavy atom. The van der Waals surface area contributed by atoms with Crippen LogP contribution in [0.1, 0.15) is 44.1 Å². The van der Waals surface area contributed by atoms with Crippen LogP contribution < -0.4 is 5.32 Å². The predicted octanol–water partition coefficient (Wildman–Crippen LogP) is 3.61. The summed E-state index contributed by atoms with van der Waals surface area (Å²) in [5.41, 5.74) is 1.09. The molecule has 1 fully saturated rings. The summed E-state index contributed by atoms with van der Waals surface area (Å²) >= 11 is 3.63. The summed E-state index contributed by atoms with van der Waals surface area (Å²) < 4.78 is 0. The van der Waals surface area contributed by atoms with Crippen LogP contribution in [0.3, 0.4) is 0 Å². The van der Waals surface area contributed by atoms with E-state index in [2.05, 4.69) is 21.2 Å². The fourth-order valence-electron chi connectivity index (χ4n) is 2.42. The second kappa shape index (κ2) is 6.37. The average molecular weight is 310 g/mol. The topological polar surface area (TPSA) is 29.1 Å². The molecule has 1 amide bonds. The maximum Gasteiger partial charge on any atom is 0.227 e. The fraction of sp³-hybridized carbons (Fsp3) is 0.533. The third-order valence-corrected chi connectivity index (χ3v) is 4.61. The summed E-state index contributed by atoms with van der Waals surface area (Å²) in [5.74, 6) is 0.0899. The summed E-state index contributed by atoms with van der Waals surface area (Å²) in [6.07, 6.45) is 4.49. The molecule has 98 valence electrons. The normalized spacial score (nSPS) is 25.4. The molecule has 1 aliphatic rings. The monoisotopic (exact) mass is 309 g/mol. The molecule has 2 rings (SSSR count). The number of nitrogens with one attached hydrogen (secondary N) is 1. The second-order valence-electron chi connectivity index (χ2n) is 5.09. The lowest BCUT2D eigenvalue weighted by Gasteiger charge is -2.27. The molecule has 2 nitrogen and oxygen atoms in total. The van der Waals surface area contributed by atoms with Gasteiger partial charge in [0, 0.05) is 10.9 Å². The van der Waals surface area contributed by atoms with Crippen LogP contribution in [0.2, 0.25) is 0 Å². The Balaban J connectivity index is 1.88. The zero-order chi connectivity index (χ0) is 13.0. The van der Waals surface area contributed by atoms with E-state index in [0.29, 0.717) is 10.9 Å². The minimum Gasteiger partial charge on any atom is -0.353 e. The van der Waals surface area contributed by atoms with Gasteiger partial charge in [-0.25, -0.2) is 0 Å². The lowest BCUT2D eigenvalue weighted by Crippen LogP contribution is -2.39. The molecule has 1 atom stereocenters. The highest BCUT2D eigenvalue weighted by molar-refractivity contribution is 9.09. The van der Waals surface area contributed by atoms with E-state index in [1.807, 2.05) is 37.3 Å². The van der Waals surface area contributed by atoms with Gasteiger partial charge in [-0.15, -0.1) is 0 Å². The van der Waals surface area contributed by atoms with Crippen LogP contribution in [0, 0.1) is 0 Å². The molecule has 1 saturated carbocycles. The van der Waals surface area contributed by atoms with Gasteiger partial charge in [-0.1, -0.05) is 46.3 Å². The van der Waals surface area contributed by atoms with Crippen LogP contribution in [0.4, 0.5) is 0 Å². The fourth-order valence-corrected chi connectivity index (χ4v) is 2.95. The first-order valence-corrected chi connectivity index (χ1v) is 7.58. The van der Waals surface area contributed by atoms with Crippen LogP contribution in [-0.4, -0.2) is 16.8 Å². The number of hydrogen-bond donors (Lipinski definition) is 1. The molecule has 0 saturated heterocycles. The van der Waals surface area contributed by atoms with Gasteiger partial charge in [-0.2, -0.15) is 0 Å². The van der Waals surface area contributed by atoms with Gasteiger partial charge < -0.3 is 5.32 Å². The maximum absolute atomic E-state index is 12.2. The van der Waals surface area contributed by atoms with Crippen molar-refractivity contribution in [3.8, 4) is 0 Å². The van der Waals surface area contributed by atoms with Gasteiger partial charge >= 0.3 is 0 Å². The van der Waals surface area contributed by atoms with Gasteiger partial charge in [0.25, 0.3) is 0 Å². The smallest absolute Gasteiger partial charge is 0.227 e. The molecule has 1 aromatic rings. The van der Waals surface area contributed by atoms with Crippen molar-refractivity contribution in [2.45, 2.75) is 49.4 Å². The Labute approximate surface area is 117 Å². The molecule has 0 aliphatic heterocycles. The van der Waals surface area contributed by atoms with Gasteiger partial charge in [-0.3, -0.25) is 4.79 Å². The Hall–Kier alpha value is -0.830. The van der Waals surface area contributed by atoms with E-state index in [-0.39, 0.29) is 11.8 Å². The number of halogens is 1. The highest BCUT2D eigenvalue weighted by atomic mass is 79.9. The van der Waals surface area contributed by atoms with Crippen LogP contribution >= 0.6 is 15.9 Å². The van der Waals surface area contributed by atoms with E-state index in [1.54, 1.807) is 0 Å². The number of amides is 1. The van der Waals surface area contributed by atoms with Crippen molar-refractivity contribution in [1.29, 1.82) is 0 Å². The second-order valence-corrected chi connectivity index (χ2v) is 6.38. The predicted molar refractivity (Wildman–Crippen MR) is 78.0 cm³/mol. The number of alkyl halides is 1. The van der Waals surface area contributed by atoms with Crippen molar-refractivity contribution < 1.29 is 4.79 Å². The molecule has 18 heavy (non-hydrogen) atoms. The molecule has 1 aromatic carbocycles. The highest BCUT2D eigenvalue weighted by Gasteiger charge is 2.23. The van der Waals surface area contributed by atoms with Crippen molar-refractivity contribution >= 4 is 21.8 Å². The van der Waals surface area contributed by atoms with E-state index in [1.165, 1.54) is 0 Å². The summed E-state index contributed by atoms with van der Waals surface area (Å²) in [5, 5.41) is 3.18. The number of rotatable bonds is 3. The Morgan fingerprint density at radius 1 is 1.22 bits per heavy atom. The minimum absolute atomic E-state index is 0.0621. The zero-order valence-corrected chi connectivity index (χ0v) is 12.3. The van der Waals surface area contributed by atoms with Crippen molar-refractivity contribution in [2.75, 3.05) is 0 Å². The van der Waals surface area contributed by atoms with Gasteiger partial charge in [0.2, 0.25) is 5.91 Å². The van der Waals surface area contributed by atoms with Gasteiger partial charge in [0.15, 0.2) is 0 Å². The van der Waals surface area contributed by atoms with Gasteiger partial charge in [-0.05, 0) is 38.2 Å². The molecular weight excluding hydrogens is 290 g/mol. The molecule has 0 heterocycles. The van der Waals surface area contributed by atoms with Crippen molar-refractivity contribution in [3.05, 3.63) is 35.9 Å². The summed E-state index contributed by atoms with van der Waals surface area (Å²) in [6, 6.07) is 10.3. The first kappa shape index (κ1) is 13.6. The van der Waals surface area contributed by atoms with Crippen LogP contribution in [-0.2, 0) is 4.79 Å². The molecule has 0 spiro atoms. The molecule has 3 heteroatoms. The van der Waals surface area contributed by atoms with Crippen molar-refractivity contribution in [2.24, 2.45) is 0 Å². The molecular formula is C15H20BrNO. The van der Waals surface area contributed by atoms with E-state index in [0.717, 1.165) is 31.2 Å². The lowest BCUT2D eigenvalue weighted by atomic mass is 9.94. The van der Waals surface area contributed by atoms with E-state index in [9.17, 15) is 4.79 Å². The maximum atomic E-state index is 12.2. The summed E-state index contributed by atoms with van der Waals surface area (Å²) in [6.45, 7) is 1.97. The highest BCUT2D eigenvalue weighted by Crippen LogP contribution is 2.25. The Morgan fingerprint density at radius 3 is 2.44 bits per heavy atom. The van der Waals surface area contributed by atoms with Crippen LogP contribution in [0.15, 0.2) is 30.3 Å². The standard InChI is InChI=1S/C15H20BrNO/c1-11(12-5-3-2-4-6-12)15(18)17-14-9-7-13(16)8-10-14/h2-6,11,13-14H,7-10H2,1H3,(H,17,18). The lowest BCUT2D eigenvalue weighted by molar-refractivity contribution is -0.123. The molecule has 1 aliphatic carbocycles. The van der Waals surface area contributed by atoms with Crippen LogP contribution in [0.5, 0.6) is 0 Å². The Kier molecular flexibility index (Phi) is 4.81. The number of hydrogen-bond acceptors (Lipinski definition) is 1. The molecule has 0 aromatic heterocycles. The minimum atomic E-state index is -0.0621.